The van der Waals surface area contributed by atoms with Crippen molar-refractivity contribution in [3.8, 4) is 0 Å². The molecule has 0 N–H and O–H groups in total. The number of rotatable bonds is 7. The van der Waals surface area contributed by atoms with Crippen LogP contribution in [0.5, 0.6) is 0 Å². The van der Waals surface area contributed by atoms with Crippen molar-refractivity contribution in [3.63, 3.8) is 0 Å². The van der Waals surface area contributed by atoms with Crippen LogP contribution >= 0.6 is 0 Å². The Balaban J connectivity index is 1.90. The Bertz CT molecular complexity index is 791. The van der Waals surface area contributed by atoms with E-state index >= 15 is 0 Å². The predicted octanol–water partition coefficient (Wildman–Crippen LogP) is 3.73. The smallest absolute Gasteiger partial charge is 0.308 e. The summed E-state index contributed by atoms with van der Waals surface area (Å²) >= 11 is 0. The zero-order valence-corrected chi connectivity index (χ0v) is 18.9. The quantitative estimate of drug-likeness (QED) is 0.483. The Morgan fingerprint density at radius 3 is 2.31 bits per heavy atom. The van der Waals surface area contributed by atoms with Gasteiger partial charge in [0.2, 0.25) is 0 Å². The minimum atomic E-state index is -3.82. The number of hydrogen-bond donors (Lipinski definition) is 0. The molecule has 7 nitrogen and oxygen atoms in total. The normalized spacial score (nSPS) is 22.3. The van der Waals surface area contributed by atoms with Gasteiger partial charge in [0.25, 0.3) is 10.1 Å². The van der Waals surface area contributed by atoms with Gasteiger partial charge in [-0.3, -0.25) is 8.98 Å². The number of hydrogen-bond acceptors (Lipinski definition) is 7. The lowest BCUT2D eigenvalue weighted by Gasteiger charge is -2.40. The summed E-state index contributed by atoms with van der Waals surface area (Å²) in [5.74, 6) is -1.22. The van der Waals surface area contributed by atoms with Gasteiger partial charge in [-0.05, 0) is 60.1 Å². The number of ether oxygens (including phenoxy) is 3. The van der Waals surface area contributed by atoms with Crippen LogP contribution in [0.25, 0.3) is 0 Å². The third-order valence-corrected chi connectivity index (χ3v) is 5.56. The molecule has 0 spiro atoms. The van der Waals surface area contributed by atoms with Crippen LogP contribution in [-0.2, 0) is 33.3 Å². The van der Waals surface area contributed by atoms with Gasteiger partial charge in [0.05, 0.1) is 30.1 Å². The molecule has 1 unspecified atom stereocenters. The first kappa shape index (κ1) is 23.8. The van der Waals surface area contributed by atoms with Gasteiger partial charge >= 0.3 is 5.97 Å². The average Bonchev–Trinajstić information content (AvgIpc) is 2.51. The molecular formula is C21H32O7S. The molecule has 1 saturated heterocycles. The SMILES string of the molecule is Cc1ccc(S(=O)(=O)OCCC2C[C@H](CC(=O)OC(C)(C)C)OC(C)(C)O2)cc1. The molecule has 1 fully saturated rings. The molecule has 1 aromatic carbocycles. The van der Waals surface area contributed by atoms with Crippen molar-refractivity contribution in [1.29, 1.82) is 0 Å². The molecule has 0 aromatic heterocycles. The maximum Gasteiger partial charge on any atom is 0.308 e. The summed E-state index contributed by atoms with van der Waals surface area (Å²) in [6.07, 6.45) is 0.272. The van der Waals surface area contributed by atoms with E-state index in [1.54, 1.807) is 26.0 Å². The molecule has 0 amide bonds. The standard InChI is InChI=1S/C21H32O7S/c1-15-7-9-18(10-8-15)29(23,24)25-12-11-16-13-17(27-21(5,6)26-16)14-19(22)28-20(2,3)4/h7-10,16-17H,11-14H2,1-6H3/t16?,17-/m1/s1. The van der Waals surface area contributed by atoms with Crippen LogP contribution in [0.1, 0.15) is 59.4 Å². The van der Waals surface area contributed by atoms with Crippen molar-refractivity contribution < 1.29 is 31.6 Å². The lowest BCUT2D eigenvalue weighted by Crippen LogP contribution is -2.46. The zero-order chi connectivity index (χ0) is 21.9. The Hall–Kier alpha value is -1.48. The van der Waals surface area contributed by atoms with E-state index in [1.165, 1.54) is 12.1 Å². The highest BCUT2D eigenvalue weighted by molar-refractivity contribution is 7.86. The van der Waals surface area contributed by atoms with Crippen LogP contribution in [0.2, 0.25) is 0 Å². The first-order valence-electron chi connectivity index (χ1n) is 9.79. The van der Waals surface area contributed by atoms with Crippen molar-refractivity contribution >= 4 is 16.1 Å². The first-order valence-corrected chi connectivity index (χ1v) is 11.2. The van der Waals surface area contributed by atoms with Gasteiger partial charge in [-0.2, -0.15) is 8.42 Å². The van der Waals surface area contributed by atoms with E-state index in [4.69, 9.17) is 18.4 Å². The van der Waals surface area contributed by atoms with Gasteiger partial charge in [-0.15, -0.1) is 0 Å². The summed E-state index contributed by atoms with van der Waals surface area (Å²) in [4.78, 5) is 12.2. The largest absolute Gasteiger partial charge is 0.460 e. The summed E-state index contributed by atoms with van der Waals surface area (Å²) in [7, 11) is -3.82. The van der Waals surface area contributed by atoms with Gasteiger partial charge in [0.1, 0.15) is 5.60 Å². The van der Waals surface area contributed by atoms with Crippen molar-refractivity contribution in [2.45, 2.75) is 89.3 Å². The molecule has 0 aliphatic carbocycles. The number of carbonyl (C=O) groups is 1. The van der Waals surface area contributed by atoms with Crippen LogP contribution in [0.3, 0.4) is 0 Å². The molecule has 1 aromatic rings. The summed E-state index contributed by atoms with van der Waals surface area (Å²) in [5, 5.41) is 0. The molecule has 0 saturated carbocycles. The van der Waals surface area contributed by atoms with Crippen molar-refractivity contribution in [1.82, 2.24) is 0 Å². The third kappa shape index (κ3) is 8.04. The van der Waals surface area contributed by atoms with Crippen LogP contribution in [0.4, 0.5) is 0 Å². The molecular weight excluding hydrogens is 396 g/mol. The molecule has 0 radical (unpaired) electrons. The van der Waals surface area contributed by atoms with Gasteiger partial charge in [-0.1, -0.05) is 17.7 Å². The second-order valence-corrected chi connectivity index (χ2v) is 10.4. The van der Waals surface area contributed by atoms with Gasteiger partial charge in [0.15, 0.2) is 5.79 Å². The van der Waals surface area contributed by atoms with Crippen LogP contribution in [0.15, 0.2) is 29.2 Å². The lowest BCUT2D eigenvalue weighted by molar-refractivity contribution is -0.301. The lowest BCUT2D eigenvalue weighted by atomic mass is 10.0. The average molecular weight is 429 g/mol. The van der Waals surface area contributed by atoms with E-state index in [1.807, 2.05) is 27.7 Å². The molecule has 1 heterocycles. The minimum Gasteiger partial charge on any atom is -0.460 e. The van der Waals surface area contributed by atoms with Crippen molar-refractivity contribution in [2.75, 3.05) is 6.61 Å². The van der Waals surface area contributed by atoms with E-state index in [0.717, 1.165) is 5.56 Å². The highest BCUT2D eigenvalue weighted by Crippen LogP contribution is 2.30. The Kier molecular flexibility index (Phi) is 7.48. The second-order valence-electron chi connectivity index (χ2n) is 8.78. The summed E-state index contributed by atoms with van der Waals surface area (Å²) in [6, 6.07) is 6.49. The van der Waals surface area contributed by atoms with E-state index in [-0.39, 0.29) is 36.1 Å². The maximum atomic E-state index is 12.3. The van der Waals surface area contributed by atoms with E-state index in [9.17, 15) is 13.2 Å². The predicted molar refractivity (Wildman–Crippen MR) is 108 cm³/mol. The van der Waals surface area contributed by atoms with Gasteiger partial charge in [0, 0.05) is 6.42 Å². The zero-order valence-electron chi connectivity index (χ0n) is 18.1. The number of aryl methyl sites for hydroxylation is 1. The minimum absolute atomic E-state index is 0.0177. The highest BCUT2D eigenvalue weighted by Gasteiger charge is 2.37. The molecule has 2 rings (SSSR count). The summed E-state index contributed by atoms with van der Waals surface area (Å²) in [5.41, 5.74) is 0.410. The number of carbonyl (C=O) groups excluding carboxylic acids is 1. The van der Waals surface area contributed by atoms with Crippen molar-refractivity contribution in [2.24, 2.45) is 0 Å². The second kappa shape index (κ2) is 9.12. The van der Waals surface area contributed by atoms with Crippen LogP contribution < -0.4 is 0 Å². The Morgan fingerprint density at radius 2 is 1.72 bits per heavy atom. The fraction of sp³-hybridized carbons (Fsp3) is 0.667. The molecule has 2 atom stereocenters. The monoisotopic (exact) mass is 428 g/mol. The molecule has 0 bridgehead atoms. The maximum absolute atomic E-state index is 12.3. The van der Waals surface area contributed by atoms with E-state index in [2.05, 4.69) is 0 Å². The fourth-order valence-electron chi connectivity index (χ4n) is 3.15. The third-order valence-electron chi connectivity index (χ3n) is 4.23. The first-order chi connectivity index (χ1) is 13.3. The van der Waals surface area contributed by atoms with Gasteiger partial charge in [-0.25, -0.2) is 0 Å². The fourth-order valence-corrected chi connectivity index (χ4v) is 4.07. The van der Waals surface area contributed by atoms with Crippen LogP contribution in [-0.4, -0.2) is 44.6 Å². The van der Waals surface area contributed by atoms with E-state index in [0.29, 0.717) is 12.8 Å². The van der Waals surface area contributed by atoms with Crippen molar-refractivity contribution in [3.05, 3.63) is 29.8 Å². The number of esters is 1. The molecule has 29 heavy (non-hydrogen) atoms. The molecule has 164 valence electrons. The van der Waals surface area contributed by atoms with Gasteiger partial charge < -0.3 is 14.2 Å². The highest BCUT2D eigenvalue weighted by atomic mass is 32.2. The summed E-state index contributed by atoms with van der Waals surface area (Å²) in [6.45, 7) is 10.8. The summed E-state index contributed by atoms with van der Waals surface area (Å²) < 4.78 is 46.9. The van der Waals surface area contributed by atoms with E-state index < -0.39 is 21.5 Å². The Labute approximate surface area is 173 Å². The van der Waals surface area contributed by atoms with Crippen LogP contribution in [0, 0.1) is 6.92 Å². The topological polar surface area (TPSA) is 88.1 Å². The molecule has 8 heteroatoms. The molecule has 1 aliphatic rings. The molecule has 1 aliphatic heterocycles. The Morgan fingerprint density at radius 1 is 1.14 bits per heavy atom. The number of benzene rings is 1.